The first kappa shape index (κ1) is 30.3. The van der Waals surface area contributed by atoms with Gasteiger partial charge in [-0.3, -0.25) is 29.4 Å². The van der Waals surface area contributed by atoms with Crippen molar-refractivity contribution < 1.29 is 14.0 Å². The predicted octanol–water partition coefficient (Wildman–Crippen LogP) is 6.52. The molecule has 0 N–H and O–H groups in total. The Labute approximate surface area is 252 Å². The van der Waals surface area contributed by atoms with Crippen LogP contribution >= 0.6 is 0 Å². The van der Waals surface area contributed by atoms with E-state index in [-0.39, 0.29) is 29.4 Å². The second-order valence-corrected chi connectivity index (χ2v) is 15.3. The third-order valence-corrected chi connectivity index (χ3v) is 9.13. The van der Waals surface area contributed by atoms with E-state index in [2.05, 4.69) is 50.9 Å². The maximum atomic E-state index is 12.9. The number of rotatable bonds is 11. The number of pyridine rings is 2. The third-order valence-electron chi connectivity index (χ3n) is 8.32. The number of carbonyl (C=O) groups excluding carboxylic acids is 2. The molecular weight excluding hydrogens is 540 g/mol. The van der Waals surface area contributed by atoms with Crippen molar-refractivity contribution in [1.82, 2.24) is 19.8 Å². The number of carbonyl (C=O) groups is 2. The summed E-state index contributed by atoms with van der Waals surface area (Å²) in [4.78, 5) is 39.5. The molecule has 1 aliphatic carbocycles. The Hall–Kier alpha value is -3.20. The number of imide groups is 1. The van der Waals surface area contributed by atoms with Gasteiger partial charge in [-0.1, -0.05) is 45.0 Å². The molecule has 0 saturated carbocycles. The molecule has 3 heterocycles. The molecule has 3 aromatic rings. The molecule has 7 nitrogen and oxygen atoms in total. The average Bonchev–Trinajstić information content (AvgIpc) is 3.21. The number of hydrogen-bond donors (Lipinski definition) is 0. The van der Waals surface area contributed by atoms with Crippen molar-refractivity contribution >= 4 is 20.9 Å². The van der Waals surface area contributed by atoms with Gasteiger partial charge in [0.2, 0.25) is 0 Å². The van der Waals surface area contributed by atoms with Crippen molar-refractivity contribution in [2.24, 2.45) is 5.41 Å². The fraction of sp³-hybridized carbons (Fsp3) is 0.471. The lowest BCUT2D eigenvalue weighted by atomic mass is 9.84. The molecule has 0 radical (unpaired) electrons. The summed E-state index contributed by atoms with van der Waals surface area (Å²) < 4.78 is 6.63. The standard InChI is InChI=1S/C34H44N4O3Si/c1-34(2,3)31(41-42(4)5)27-17-12-19-35-28(27)23-37(29-18-10-13-24-14-11-20-36-30(24)29)21-8-9-22-38-32(39)25-15-6-7-16-26(25)33(38)40/h6-7,11-12,14-17,19-20,29,31,42H,8-10,13,18,21-23H2,1-5H3. The molecule has 2 unspecified atom stereocenters. The molecule has 1 aromatic carbocycles. The summed E-state index contributed by atoms with van der Waals surface area (Å²) in [6.07, 6.45) is 8.58. The molecule has 5 rings (SSSR count). The van der Waals surface area contributed by atoms with Crippen LogP contribution in [0.1, 0.15) is 102 Å². The number of amides is 2. The number of benzene rings is 1. The van der Waals surface area contributed by atoms with Crippen molar-refractivity contribution in [3.05, 3.63) is 94.6 Å². The minimum atomic E-state index is -1.30. The summed E-state index contributed by atoms with van der Waals surface area (Å²) in [5.41, 5.74) is 5.67. The topological polar surface area (TPSA) is 75.6 Å². The van der Waals surface area contributed by atoms with Gasteiger partial charge in [-0.15, -0.1) is 0 Å². The number of unbranched alkanes of at least 4 members (excludes halogenated alkanes) is 1. The van der Waals surface area contributed by atoms with Crippen LogP contribution in [0.15, 0.2) is 60.9 Å². The van der Waals surface area contributed by atoms with Crippen molar-refractivity contribution in [2.75, 3.05) is 13.1 Å². The van der Waals surface area contributed by atoms with E-state index in [0.29, 0.717) is 24.2 Å². The second-order valence-electron chi connectivity index (χ2n) is 12.9. The lowest BCUT2D eigenvalue weighted by Crippen LogP contribution is -2.35. The minimum absolute atomic E-state index is 0.0275. The van der Waals surface area contributed by atoms with Crippen LogP contribution in [0.4, 0.5) is 0 Å². The Morgan fingerprint density at radius 3 is 2.36 bits per heavy atom. The number of nitrogens with zero attached hydrogens (tertiary/aromatic N) is 4. The first-order valence-corrected chi connectivity index (χ1v) is 18.2. The third kappa shape index (κ3) is 6.56. The van der Waals surface area contributed by atoms with Gasteiger partial charge in [0.15, 0.2) is 9.04 Å². The van der Waals surface area contributed by atoms with Crippen LogP contribution < -0.4 is 0 Å². The highest BCUT2D eigenvalue weighted by molar-refractivity contribution is 6.48. The fourth-order valence-electron chi connectivity index (χ4n) is 6.34. The lowest BCUT2D eigenvalue weighted by molar-refractivity contribution is 0.0648. The molecule has 0 spiro atoms. The van der Waals surface area contributed by atoms with Gasteiger partial charge in [0.25, 0.3) is 11.8 Å². The van der Waals surface area contributed by atoms with Gasteiger partial charge >= 0.3 is 0 Å². The van der Waals surface area contributed by atoms with Crippen molar-refractivity contribution in [3.8, 4) is 0 Å². The number of fused-ring (bicyclic) bond motifs is 2. The molecule has 222 valence electrons. The van der Waals surface area contributed by atoms with Gasteiger partial charge in [-0.05, 0) is 87.0 Å². The molecular formula is C34H44N4O3Si. The predicted molar refractivity (Wildman–Crippen MR) is 168 cm³/mol. The maximum absolute atomic E-state index is 12.9. The smallest absolute Gasteiger partial charge is 0.261 e. The quantitative estimate of drug-likeness (QED) is 0.145. The number of aryl methyl sites for hydroxylation is 1. The first-order chi connectivity index (χ1) is 20.1. The highest BCUT2D eigenvalue weighted by atomic mass is 28.3. The zero-order valence-corrected chi connectivity index (χ0v) is 26.8. The molecule has 2 aromatic heterocycles. The molecule has 0 fully saturated rings. The summed E-state index contributed by atoms with van der Waals surface area (Å²) in [7, 11) is -1.30. The van der Waals surface area contributed by atoms with Gasteiger partial charge in [0.05, 0.1) is 34.7 Å². The Balaban J connectivity index is 1.36. The SMILES string of the molecule is C[SiH](C)OC(c1cccnc1CN(CCCCN1C(=O)c2ccccc2C1=O)C1CCCc2cccnc21)C(C)(C)C. The van der Waals surface area contributed by atoms with Gasteiger partial charge in [-0.2, -0.15) is 0 Å². The molecule has 0 saturated heterocycles. The molecule has 1 aliphatic heterocycles. The van der Waals surface area contributed by atoms with E-state index < -0.39 is 9.04 Å². The number of hydrogen-bond acceptors (Lipinski definition) is 6. The van der Waals surface area contributed by atoms with E-state index in [4.69, 9.17) is 14.4 Å². The first-order valence-electron chi connectivity index (χ1n) is 15.4. The highest BCUT2D eigenvalue weighted by Crippen LogP contribution is 2.39. The number of aromatic nitrogens is 2. The summed E-state index contributed by atoms with van der Waals surface area (Å²) in [5, 5.41) is 0. The van der Waals surface area contributed by atoms with Gasteiger partial charge in [0, 0.05) is 31.0 Å². The highest BCUT2D eigenvalue weighted by Gasteiger charge is 2.35. The van der Waals surface area contributed by atoms with Gasteiger partial charge in [-0.25, -0.2) is 0 Å². The Bertz CT molecular complexity index is 1380. The average molecular weight is 585 g/mol. The van der Waals surface area contributed by atoms with E-state index in [1.165, 1.54) is 21.7 Å². The second kappa shape index (κ2) is 13.0. The van der Waals surface area contributed by atoms with Crippen molar-refractivity contribution in [2.45, 2.75) is 84.7 Å². The van der Waals surface area contributed by atoms with E-state index in [1.54, 1.807) is 12.1 Å². The Kier molecular flexibility index (Phi) is 9.35. The normalized spacial score (nSPS) is 17.6. The zero-order chi connectivity index (χ0) is 29.9. The molecule has 2 amide bonds. The molecule has 2 aliphatic rings. The largest absolute Gasteiger partial charge is 0.413 e. The van der Waals surface area contributed by atoms with Crippen LogP contribution in [0.2, 0.25) is 13.1 Å². The molecule has 0 bridgehead atoms. The van der Waals surface area contributed by atoms with Crippen LogP contribution in [0.5, 0.6) is 0 Å². The summed E-state index contributed by atoms with van der Waals surface area (Å²) >= 11 is 0. The van der Waals surface area contributed by atoms with Crippen LogP contribution in [-0.2, 0) is 17.4 Å². The summed E-state index contributed by atoms with van der Waals surface area (Å²) in [6, 6.07) is 15.7. The van der Waals surface area contributed by atoms with Gasteiger partial charge < -0.3 is 4.43 Å². The minimum Gasteiger partial charge on any atom is -0.413 e. The van der Waals surface area contributed by atoms with E-state index in [9.17, 15) is 9.59 Å². The maximum Gasteiger partial charge on any atom is 0.261 e. The van der Waals surface area contributed by atoms with E-state index in [0.717, 1.165) is 44.3 Å². The Morgan fingerprint density at radius 2 is 1.67 bits per heavy atom. The van der Waals surface area contributed by atoms with Crippen molar-refractivity contribution in [3.63, 3.8) is 0 Å². The van der Waals surface area contributed by atoms with Crippen LogP contribution in [0.3, 0.4) is 0 Å². The lowest BCUT2D eigenvalue weighted by Gasteiger charge is -2.37. The molecule has 42 heavy (non-hydrogen) atoms. The fourth-order valence-corrected chi connectivity index (χ4v) is 7.44. The monoisotopic (exact) mass is 584 g/mol. The Morgan fingerprint density at radius 1 is 0.976 bits per heavy atom. The van der Waals surface area contributed by atoms with E-state index in [1.807, 2.05) is 36.7 Å². The van der Waals surface area contributed by atoms with Crippen molar-refractivity contribution in [1.29, 1.82) is 0 Å². The summed E-state index contributed by atoms with van der Waals surface area (Å²) in [6.45, 7) is 13.1. The van der Waals surface area contributed by atoms with Crippen LogP contribution in [0, 0.1) is 5.41 Å². The van der Waals surface area contributed by atoms with Crippen LogP contribution in [0.25, 0.3) is 0 Å². The van der Waals surface area contributed by atoms with Crippen LogP contribution in [-0.4, -0.2) is 53.7 Å². The van der Waals surface area contributed by atoms with E-state index >= 15 is 0 Å². The zero-order valence-electron chi connectivity index (χ0n) is 25.7. The summed E-state index contributed by atoms with van der Waals surface area (Å²) in [5.74, 6) is -0.365. The molecule has 2 atom stereocenters. The van der Waals surface area contributed by atoms with Gasteiger partial charge in [0.1, 0.15) is 0 Å². The molecule has 8 heteroatoms.